The van der Waals surface area contributed by atoms with Crippen molar-refractivity contribution in [1.29, 1.82) is 0 Å². The lowest BCUT2D eigenvalue weighted by Gasteiger charge is -2.12. The topological polar surface area (TPSA) is 72.7 Å². The van der Waals surface area contributed by atoms with Crippen molar-refractivity contribution in [3.63, 3.8) is 0 Å². The van der Waals surface area contributed by atoms with E-state index in [2.05, 4.69) is 15.0 Å². The van der Waals surface area contributed by atoms with Gasteiger partial charge in [0.2, 0.25) is 5.91 Å². The first-order valence-electron chi connectivity index (χ1n) is 5.97. The molecular weight excluding hydrogens is 246 g/mol. The van der Waals surface area contributed by atoms with E-state index in [0.717, 1.165) is 5.65 Å². The molecule has 0 radical (unpaired) electrons. The van der Waals surface area contributed by atoms with Gasteiger partial charge in [0.05, 0.1) is 7.11 Å². The predicted molar refractivity (Wildman–Crippen MR) is 69.6 cm³/mol. The summed E-state index contributed by atoms with van der Waals surface area (Å²) in [5.74, 6) is -1.69. The van der Waals surface area contributed by atoms with Crippen molar-refractivity contribution in [1.82, 2.24) is 9.38 Å². The van der Waals surface area contributed by atoms with E-state index in [1.54, 1.807) is 31.5 Å². The first-order chi connectivity index (χ1) is 9.15. The highest BCUT2D eigenvalue weighted by atomic mass is 16.5. The van der Waals surface area contributed by atoms with Gasteiger partial charge < -0.3 is 14.5 Å². The summed E-state index contributed by atoms with van der Waals surface area (Å²) in [6.07, 6.45) is 5.66. The van der Waals surface area contributed by atoms with Gasteiger partial charge in [-0.15, -0.1) is 0 Å². The number of pyridine rings is 1. The number of nitrogens with zero attached hydrogens (tertiary/aromatic N) is 2. The van der Waals surface area contributed by atoms with Crippen molar-refractivity contribution in [3.8, 4) is 0 Å². The number of amides is 1. The monoisotopic (exact) mass is 261 g/mol. The lowest BCUT2D eigenvalue weighted by Crippen LogP contribution is -2.30. The van der Waals surface area contributed by atoms with E-state index in [1.807, 2.05) is 10.6 Å². The number of aromatic nitrogens is 2. The lowest BCUT2D eigenvalue weighted by molar-refractivity contribution is -0.148. The summed E-state index contributed by atoms with van der Waals surface area (Å²) in [5, 5.41) is 2.70. The van der Waals surface area contributed by atoms with Crippen LogP contribution in [-0.4, -0.2) is 28.4 Å². The number of carbonyl (C=O) groups is 2. The molecule has 0 bridgehead atoms. The van der Waals surface area contributed by atoms with Crippen molar-refractivity contribution >= 4 is 23.2 Å². The highest BCUT2D eigenvalue weighted by Crippen LogP contribution is 2.14. The van der Waals surface area contributed by atoms with Crippen LogP contribution in [0.4, 0.5) is 5.69 Å². The van der Waals surface area contributed by atoms with Crippen LogP contribution in [0.2, 0.25) is 0 Å². The maximum Gasteiger partial charge on any atom is 0.318 e. The van der Waals surface area contributed by atoms with Crippen LogP contribution >= 0.6 is 0 Å². The van der Waals surface area contributed by atoms with Gasteiger partial charge >= 0.3 is 5.97 Å². The van der Waals surface area contributed by atoms with Crippen LogP contribution < -0.4 is 5.32 Å². The van der Waals surface area contributed by atoms with Crippen LogP contribution in [0.1, 0.15) is 13.3 Å². The van der Waals surface area contributed by atoms with Gasteiger partial charge in [-0.3, -0.25) is 9.59 Å². The number of nitrogens with one attached hydrogen (secondary N) is 1. The molecule has 1 N–H and O–H groups in total. The molecule has 19 heavy (non-hydrogen) atoms. The summed E-state index contributed by atoms with van der Waals surface area (Å²) in [6.45, 7) is 1.76. The average molecular weight is 261 g/mol. The fourth-order valence-corrected chi connectivity index (χ4v) is 1.82. The Morgan fingerprint density at radius 2 is 2.26 bits per heavy atom. The van der Waals surface area contributed by atoms with E-state index in [-0.39, 0.29) is 5.91 Å². The molecule has 0 aromatic carbocycles. The number of rotatable bonds is 4. The minimum Gasteiger partial charge on any atom is -0.468 e. The van der Waals surface area contributed by atoms with E-state index < -0.39 is 11.9 Å². The molecule has 0 aliphatic heterocycles. The SMILES string of the molecule is CCC(C(=O)Nc1ccn2ccnc2c1)C(=O)OC. The smallest absolute Gasteiger partial charge is 0.318 e. The third-order valence-electron chi connectivity index (χ3n) is 2.88. The summed E-state index contributed by atoms with van der Waals surface area (Å²) in [4.78, 5) is 27.5. The van der Waals surface area contributed by atoms with Gasteiger partial charge in [-0.1, -0.05) is 6.92 Å². The number of fused-ring (bicyclic) bond motifs is 1. The van der Waals surface area contributed by atoms with Gasteiger partial charge in [0.15, 0.2) is 0 Å². The Balaban J connectivity index is 2.15. The van der Waals surface area contributed by atoms with Gasteiger partial charge in [0, 0.05) is 30.3 Å². The Morgan fingerprint density at radius 3 is 2.95 bits per heavy atom. The number of imidazole rings is 1. The molecule has 1 atom stereocenters. The van der Waals surface area contributed by atoms with Gasteiger partial charge in [-0.2, -0.15) is 0 Å². The molecule has 0 saturated heterocycles. The fourth-order valence-electron chi connectivity index (χ4n) is 1.82. The van der Waals surface area contributed by atoms with Crippen LogP contribution in [0.3, 0.4) is 0 Å². The second-order valence-electron chi connectivity index (χ2n) is 4.08. The van der Waals surface area contributed by atoms with Crippen molar-refractivity contribution in [3.05, 3.63) is 30.7 Å². The molecule has 0 spiro atoms. The van der Waals surface area contributed by atoms with Crippen molar-refractivity contribution in [2.24, 2.45) is 5.92 Å². The summed E-state index contributed by atoms with van der Waals surface area (Å²) >= 11 is 0. The van der Waals surface area contributed by atoms with E-state index in [4.69, 9.17) is 0 Å². The van der Waals surface area contributed by atoms with Crippen LogP contribution in [0.15, 0.2) is 30.7 Å². The molecule has 0 aliphatic rings. The van der Waals surface area contributed by atoms with E-state index in [0.29, 0.717) is 12.1 Å². The fraction of sp³-hybridized carbons (Fsp3) is 0.308. The number of anilines is 1. The molecule has 0 saturated carbocycles. The normalized spacial score (nSPS) is 12.1. The van der Waals surface area contributed by atoms with Gasteiger partial charge in [-0.05, 0) is 12.5 Å². The number of hydrogen-bond acceptors (Lipinski definition) is 4. The summed E-state index contributed by atoms with van der Waals surface area (Å²) in [6, 6.07) is 3.48. The Labute approximate surface area is 110 Å². The Morgan fingerprint density at radius 1 is 1.47 bits per heavy atom. The minimum absolute atomic E-state index is 0.370. The van der Waals surface area contributed by atoms with Crippen molar-refractivity contribution < 1.29 is 14.3 Å². The van der Waals surface area contributed by atoms with Gasteiger partial charge in [0.25, 0.3) is 0 Å². The molecular formula is C13H15N3O3. The largest absolute Gasteiger partial charge is 0.468 e. The Bertz CT molecular complexity index is 606. The maximum atomic E-state index is 12.0. The minimum atomic E-state index is -0.791. The molecule has 0 fully saturated rings. The van der Waals surface area contributed by atoms with Crippen LogP contribution in [0.25, 0.3) is 5.65 Å². The molecule has 2 rings (SSSR count). The molecule has 6 nitrogen and oxygen atoms in total. The number of ether oxygens (including phenoxy) is 1. The zero-order chi connectivity index (χ0) is 13.8. The van der Waals surface area contributed by atoms with Crippen LogP contribution in [-0.2, 0) is 14.3 Å². The van der Waals surface area contributed by atoms with Crippen molar-refractivity contribution in [2.75, 3.05) is 12.4 Å². The molecule has 2 aromatic rings. The Kier molecular flexibility index (Phi) is 3.79. The Hall–Kier alpha value is -2.37. The highest BCUT2D eigenvalue weighted by Gasteiger charge is 2.25. The van der Waals surface area contributed by atoms with Crippen molar-refractivity contribution in [2.45, 2.75) is 13.3 Å². The first kappa shape index (κ1) is 13.1. The zero-order valence-corrected chi connectivity index (χ0v) is 10.8. The number of carbonyl (C=O) groups excluding carboxylic acids is 2. The summed E-state index contributed by atoms with van der Waals surface area (Å²) in [5.41, 5.74) is 1.33. The molecule has 1 unspecified atom stereocenters. The second-order valence-corrected chi connectivity index (χ2v) is 4.08. The van der Waals surface area contributed by atoms with Gasteiger partial charge in [0.1, 0.15) is 11.6 Å². The molecule has 1 amide bonds. The molecule has 0 aliphatic carbocycles. The third kappa shape index (κ3) is 2.73. The molecule has 100 valence electrons. The first-order valence-corrected chi connectivity index (χ1v) is 5.97. The van der Waals surface area contributed by atoms with Crippen LogP contribution in [0.5, 0.6) is 0 Å². The highest BCUT2D eigenvalue weighted by molar-refractivity contribution is 6.04. The zero-order valence-electron chi connectivity index (χ0n) is 10.8. The summed E-state index contributed by atoms with van der Waals surface area (Å²) < 4.78 is 6.43. The molecule has 6 heteroatoms. The standard InChI is InChI=1S/C13H15N3O3/c1-3-10(13(18)19-2)12(17)15-9-4-6-16-7-5-14-11(16)8-9/h4-8,10H,3H2,1-2H3,(H,15,17). The predicted octanol–water partition coefficient (Wildman–Crippen LogP) is 1.47. The molecule has 2 heterocycles. The van der Waals surface area contributed by atoms with E-state index in [1.165, 1.54) is 7.11 Å². The second kappa shape index (κ2) is 5.51. The quantitative estimate of drug-likeness (QED) is 0.668. The van der Waals surface area contributed by atoms with E-state index >= 15 is 0 Å². The lowest BCUT2D eigenvalue weighted by atomic mass is 10.1. The number of hydrogen-bond donors (Lipinski definition) is 1. The average Bonchev–Trinajstić information content (AvgIpc) is 2.86. The third-order valence-corrected chi connectivity index (χ3v) is 2.88. The van der Waals surface area contributed by atoms with E-state index in [9.17, 15) is 9.59 Å². The molecule has 2 aromatic heterocycles. The number of methoxy groups -OCH3 is 1. The summed E-state index contributed by atoms with van der Waals surface area (Å²) in [7, 11) is 1.27. The van der Waals surface area contributed by atoms with Crippen LogP contribution in [0, 0.1) is 5.92 Å². The maximum absolute atomic E-state index is 12.0. The van der Waals surface area contributed by atoms with Gasteiger partial charge in [-0.25, -0.2) is 4.98 Å². The number of esters is 1.